The van der Waals surface area contributed by atoms with Crippen LogP contribution in [0, 0.1) is 0 Å². The van der Waals surface area contributed by atoms with E-state index < -0.39 is 0 Å². The van der Waals surface area contributed by atoms with Crippen molar-refractivity contribution in [3.8, 4) is 5.88 Å². The topological polar surface area (TPSA) is 47.0 Å². The van der Waals surface area contributed by atoms with Crippen LogP contribution in [0.25, 0.3) is 0 Å². The number of nitrogens with one attached hydrogen (secondary N) is 1. The van der Waals surface area contributed by atoms with Crippen LogP contribution in [0.4, 0.5) is 5.95 Å². The molecule has 4 nitrogen and oxygen atoms in total. The Labute approximate surface area is 96.4 Å². The Hall–Kier alpha value is -1.32. The number of rotatable bonds is 5. The Balaban J connectivity index is 2.05. The summed E-state index contributed by atoms with van der Waals surface area (Å²) in [6.45, 7) is 4.79. The van der Waals surface area contributed by atoms with E-state index in [4.69, 9.17) is 4.74 Å². The summed E-state index contributed by atoms with van der Waals surface area (Å²) >= 11 is 0. The largest absolute Gasteiger partial charge is 0.478 e. The second-order valence-electron chi connectivity index (χ2n) is 4.26. The van der Waals surface area contributed by atoms with E-state index in [1.165, 1.54) is 19.3 Å². The minimum Gasteiger partial charge on any atom is -0.478 e. The molecule has 0 radical (unpaired) electrons. The second kappa shape index (κ2) is 4.68. The van der Waals surface area contributed by atoms with Gasteiger partial charge < -0.3 is 10.1 Å². The molecular formula is C12H19N3O. The second-order valence-corrected chi connectivity index (χ2v) is 4.26. The molecule has 1 heterocycles. The summed E-state index contributed by atoms with van der Waals surface area (Å²) in [5.41, 5.74) is 0.227. The zero-order valence-electron chi connectivity index (χ0n) is 9.99. The maximum atomic E-state index is 5.36. The summed E-state index contributed by atoms with van der Waals surface area (Å²) < 4.78 is 5.36. The van der Waals surface area contributed by atoms with E-state index in [9.17, 15) is 0 Å². The summed E-state index contributed by atoms with van der Waals surface area (Å²) in [5, 5.41) is 3.44. The third kappa shape index (κ3) is 2.26. The fourth-order valence-electron chi connectivity index (χ4n) is 2.04. The molecule has 0 aliphatic heterocycles. The molecule has 1 aromatic rings. The van der Waals surface area contributed by atoms with Gasteiger partial charge in [0.15, 0.2) is 0 Å². The molecule has 0 spiro atoms. The zero-order chi connectivity index (χ0) is 11.4. The highest BCUT2D eigenvalue weighted by Crippen LogP contribution is 2.37. The first kappa shape index (κ1) is 11.2. The number of aromatic nitrogens is 2. The summed E-state index contributed by atoms with van der Waals surface area (Å²) in [4.78, 5) is 8.57. The predicted octanol–water partition coefficient (Wildman–Crippen LogP) is 2.62. The monoisotopic (exact) mass is 221 g/mol. The molecule has 0 amide bonds. The lowest BCUT2D eigenvalue weighted by Crippen LogP contribution is -2.44. The van der Waals surface area contributed by atoms with E-state index in [1.807, 2.05) is 6.92 Å². The number of nitrogens with zero attached hydrogens (tertiary/aromatic N) is 2. The normalized spacial score (nSPS) is 17.6. The van der Waals surface area contributed by atoms with Crippen LogP contribution in [-0.2, 0) is 0 Å². The lowest BCUT2D eigenvalue weighted by molar-refractivity contribution is 0.267. The van der Waals surface area contributed by atoms with Crippen molar-refractivity contribution in [1.29, 1.82) is 0 Å². The van der Waals surface area contributed by atoms with E-state index in [0.717, 1.165) is 6.42 Å². The van der Waals surface area contributed by atoms with Crippen molar-refractivity contribution in [2.24, 2.45) is 0 Å². The average Bonchev–Trinajstić information content (AvgIpc) is 2.25. The maximum Gasteiger partial charge on any atom is 0.226 e. The Kier molecular flexibility index (Phi) is 3.27. The molecule has 0 saturated heterocycles. The molecule has 88 valence electrons. The van der Waals surface area contributed by atoms with Gasteiger partial charge in [-0.25, -0.2) is 4.98 Å². The van der Waals surface area contributed by atoms with Crippen molar-refractivity contribution in [2.45, 2.75) is 45.1 Å². The van der Waals surface area contributed by atoms with Gasteiger partial charge in [-0.2, -0.15) is 4.98 Å². The van der Waals surface area contributed by atoms with E-state index >= 15 is 0 Å². The van der Waals surface area contributed by atoms with Gasteiger partial charge in [-0.05, 0) is 32.6 Å². The van der Waals surface area contributed by atoms with Gasteiger partial charge in [0.25, 0.3) is 0 Å². The van der Waals surface area contributed by atoms with Crippen LogP contribution in [-0.4, -0.2) is 22.1 Å². The average molecular weight is 221 g/mol. The molecule has 0 aromatic carbocycles. The summed E-state index contributed by atoms with van der Waals surface area (Å²) in [6.07, 6.45) is 6.58. The Morgan fingerprint density at radius 2 is 2.25 bits per heavy atom. The fraction of sp³-hybridized carbons (Fsp3) is 0.667. The first-order valence-electron chi connectivity index (χ1n) is 6.02. The minimum absolute atomic E-state index is 0.227. The quantitative estimate of drug-likeness (QED) is 0.830. The molecule has 4 heteroatoms. The van der Waals surface area contributed by atoms with Gasteiger partial charge in [-0.1, -0.05) is 6.92 Å². The number of hydrogen-bond acceptors (Lipinski definition) is 4. The third-order valence-corrected chi connectivity index (χ3v) is 3.29. The first-order chi connectivity index (χ1) is 7.78. The molecule has 1 saturated carbocycles. The van der Waals surface area contributed by atoms with Crippen molar-refractivity contribution >= 4 is 5.95 Å². The lowest BCUT2D eigenvalue weighted by atomic mass is 9.75. The number of ether oxygens (including phenoxy) is 1. The van der Waals surface area contributed by atoms with E-state index in [2.05, 4.69) is 22.2 Å². The molecule has 1 fully saturated rings. The zero-order valence-corrected chi connectivity index (χ0v) is 9.99. The van der Waals surface area contributed by atoms with Gasteiger partial charge in [0.05, 0.1) is 6.61 Å². The molecule has 1 N–H and O–H groups in total. The maximum absolute atomic E-state index is 5.36. The summed E-state index contributed by atoms with van der Waals surface area (Å²) in [7, 11) is 0. The highest BCUT2D eigenvalue weighted by molar-refractivity contribution is 5.32. The Bertz CT molecular complexity index is 344. The van der Waals surface area contributed by atoms with Gasteiger partial charge in [-0.3, -0.25) is 0 Å². The molecule has 1 aliphatic carbocycles. The molecule has 16 heavy (non-hydrogen) atoms. The van der Waals surface area contributed by atoms with Crippen LogP contribution >= 0.6 is 0 Å². The standard InChI is InChI=1S/C12H19N3O/c1-3-12(7-5-8-12)15-11-13-9-6-10(14-11)16-4-2/h6,9H,3-5,7-8H2,1-2H3,(H,13,14,15). The van der Waals surface area contributed by atoms with Crippen molar-refractivity contribution in [1.82, 2.24) is 9.97 Å². The Morgan fingerprint density at radius 3 is 2.81 bits per heavy atom. The van der Waals surface area contributed by atoms with E-state index in [0.29, 0.717) is 18.4 Å². The van der Waals surface area contributed by atoms with E-state index in [1.54, 1.807) is 12.3 Å². The Morgan fingerprint density at radius 1 is 1.44 bits per heavy atom. The molecule has 2 rings (SSSR count). The number of hydrogen-bond donors (Lipinski definition) is 1. The van der Waals surface area contributed by atoms with Gasteiger partial charge in [0.1, 0.15) is 0 Å². The highest BCUT2D eigenvalue weighted by Gasteiger charge is 2.35. The van der Waals surface area contributed by atoms with Gasteiger partial charge in [0, 0.05) is 17.8 Å². The summed E-state index contributed by atoms with van der Waals surface area (Å²) in [6, 6.07) is 1.79. The number of anilines is 1. The SMILES string of the molecule is CCOc1ccnc(NC2(CC)CCC2)n1. The van der Waals surface area contributed by atoms with Crippen molar-refractivity contribution in [2.75, 3.05) is 11.9 Å². The van der Waals surface area contributed by atoms with E-state index in [-0.39, 0.29) is 5.54 Å². The van der Waals surface area contributed by atoms with Crippen molar-refractivity contribution in [3.63, 3.8) is 0 Å². The smallest absolute Gasteiger partial charge is 0.226 e. The van der Waals surface area contributed by atoms with Crippen LogP contribution in [0.15, 0.2) is 12.3 Å². The molecular weight excluding hydrogens is 202 g/mol. The van der Waals surface area contributed by atoms with Gasteiger partial charge in [-0.15, -0.1) is 0 Å². The summed E-state index contributed by atoms with van der Waals surface area (Å²) in [5.74, 6) is 1.33. The van der Waals surface area contributed by atoms with Crippen LogP contribution in [0.2, 0.25) is 0 Å². The van der Waals surface area contributed by atoms with Crippen LogP contribution in [0.5, 0.6) is 5.88 Å². The fourth-order valence-corrected chi connectivity index (χ4v) is 2.04. The minimum atomic E-state index is 0.227. The molecule has 1 aliphatic rings. The van der Waals surface area contributed by atoms with Crippen LogP contribution in [0.1, 0.15) is 39.5 Å². The third-order valence-electron chi connectivity index (χ3n) is 3.29. The van der Waals surface area contributed by atoms with Gasteiger partial charge >= 0.3 is 0 Å². The predicted molar refractivity (Wildman–Crippen MR) is 63.7 cm³/mol. The van der Waals surface area contributed by atoms with Crippen LogP contribution < -0.4 is 10.1 Å². The molecule has 0 atom stereocenters. The van der Waals surface area contributed by atoms with Crippen molar-refractivity contribution < 1.29 is 4.74 Å². The highest BCUT2D eigenvalue weighted by atomic mass is 16.5. The van der Waals surface area contributed by atoms with Crippen LogP contribution in [0.3, 0.4) is 0 Å². The first-order valence-corrected chi connectivity index (χ1v) is 6.02. The molecule has 0 unspecified atom stereocenters. The lowest BCUT2D eigenvalue weighted by Gasteiger charge is -2.41. The molecule has 1 aromatic heterocycles. The van der Waals surface area contributed by atoms with Gasteiger partial charge in [0.2, 0.25) is 11.8 Å². The van der Waals surface area contributed by atoms with Crippen molar-refractivity contribution in [3.05, 3.63) is 12.3 Å². The molecule has 0 bridgehead atoms.